The average molecular weight is 326 g/mol. The highest BCUT2D eigenvalue weighted by atomic mass is 16.5. The molecule has 126 valence electrons. The highest BCUT2D eigenvalue weighted by Gasteiger charge is 2.16. The van der Waals surface area contributed by atoms with E-state index in [1.807, 2.05) is 12.1 Å². The quantitative estimate of drug-likeness (QED) is 0.789. The van der Waals surface area contributed by atoms with E-state index < -0.39 is 0 Å². The maximum atomic E-state index is 9.24. The van der Waals surface area contributed by atoms with E-state index in [4.69, 9.17) is 4.74 Å². The summed E-state index contributed by atoms with van der Waals surface area (Å²) in [6.07, 6.45) is 1.58. The van der Waals surface area contributed by atoms with Gasteiger partial charge in [-0.1, -0.05) is 27.7 Å². The van der Waals surface area contributed by atoms with Gasteiger partial charge in [0.1, 0.15) is 17.4 Å². The molecular weight excluding hydrogens is 304 g/mol. The van der Waals surface area contributed by atoms with Crippen LogP contribution in [0.3, 0.4) is 0 Å². The van der Waals surface area contributed by atoms with Gasteiger partial charge in [0.05, 0.1) is 7.11 Å². The van der Waals surface area contributed by atoms with E-state index in [0.717, 1.165) is 22.6 Å². The Kier molecular flexibility index (Phi) is 5.53. The SMILES string of the molecule is COc1c(C(C)C)cc(NC=C(C#N)c2nn[nH]n2)cc1C(C)C. The number of benzene rings is 1. The first kappa shape index (κ1) is 17.5. The fourth-order valence-corrected chi connectivity index (χ4v) is 2.43. The Hall–Kier alpha value is -2.88. The number of H-pyrrole nitrogens is 1. The lowest BCUT2D eigenvalue weighted by Crippen LogP contribution is -2.03. The molecule has 2 rings (SSSR count). The molecule has 1 heterocycles. The zero-order valence-electron chi connectivity index (χ0n) is 14.6. The topological polar surface area (TPSA) is 99.5 Å². The summed E-state index contributed by atoms with van der Waals surface area (Å²) in [5.41, 5.74) is 3.44. The molecule has 24 heavy (non-hydrogen) atoms. The Bertz CT molecular complexity index is 727. The molecule has 0 saturated heterocycles. The summed E-state index contributed by atoms with van der Waals surface area (Å²) < 4.78 is 5.63. The van der Waals surface area contributed by atoms with Crippen LogP contribution in [-0.4, -0.2) is 27.7 Å². The number of hydrogen-bond donors (Lipinski definition) is 2. The third-order valence-electron chi connectivity index (χ3n) is 3.68. The largest absolute Gasteiger partial charge is 0.496 e. The van der Waals surface area contributed by atoms with E-state index in [0.29, 0.717) is 17.4 Å². The van der Waals surface area contributed by atoms with Crippen LogP contribution in [0.4, 0.5) is 5.69 Å². The van der Waals surface area contributed by atoms with Crippen LogP contribution in [0.1, 0.15) is 56.5 Å². The Balaban J connectivity index is 2.42. The number of nitrogens with one attached hydrogen (secondary N) is 2. The predicted molar refractivity (Wildman–Crippen MR) is 92.6 cm³/mol. The second kappa shape index (κ2) is 7.59. The molecule has 0 radical (unpaired) electrons. The first-order valence-corrected chi connectivity index (χ1v) is 7.80. The number of rotatable bonds is 6. The molecule has 0 aliphatic heterocycles. The number of hydrogen-bond acceptors (Lipinski definition) is 6. The average Bonchev–Trinajstić information content (AvgIpc) is 3.08. The molecule has 0 atom stereocenters. The fourth-order valence-electron chi connectivity index (χ4n) is 2.43. The molecule has 7 nitrogen and oxygen atoms in total. The second-order valence-corrected chi connectivity index (χ2v) is 6.05. The minimum atomic E-state index is 0.256. The van der Waals surface area contributed by atoms with Crippen molar-refractivity contribution in [3.63, 3.8) is 0 Å². The predicted octanol–water partition coefficient (Wildman–Crippen LogP) is 3.43. The molecule has 0 amide bonds. The molecule has 0 aliphatic carbocycles. The molecule has 2 aromatic rings. The second-order valence-electron chi connectivity index (χ2n) is 6.05. The van der Waals surface area contributed by atoms with Crippen LogP contribution in [0.25, 0.3) is 5.57 Å². The number of anilines is 1. The lowest BCUT2D eigenvalue weighted by molar-refractivity contribution is 0.400. The zero-order valence-corrected chi connectivity index (χ0v) is 14.6. The first-order valence-electron chi connectivity index (χ1n) is 7.80. The highest BCUT2D eigenvalue weighted by Crippen LogP contribution is 2.37. The van der Waals surface area contributed by atoms with Crippen molar-refractivity contribution in [2.45, 2.75) is 39.5 Å². The van der Waals surface area contributed by atoms with E-state index in [2.05, 4.69) is 59.7 Å². The molecule has 1 aromatic heterocycles. The van der Waals surface area contributed by atoms with Gasteiger partial charge in [0.25, 0.3) is 0 Å². The van der Waals surface area contributed by atoms with E-state index in [1.54, 1.807) is 13.3 Å². The summed E-state index contributed by atoms with van der Waals surface area (Å²) in [5.74, 6) is 1.81. The van der Waals surface area contributed by atoms with Gasteiger partial charge in [0, 0.05) is 11.9 Å². The van der Waals surface area contributed by atoms with Crippen molar-refractivity contribution >= 4 is 11.3 Å². The first-order chi connectivity index (χ1) is 11.5. The number of aromatic amines is 1. The van der Waals surface area contributed by atoms with Crippen LogP contribution in [-0.2, 0) is 0 Å². The van der Waals surface area contributed by atoms with Crippen LogP contribution >= 0.6 is 0 Å². The van der Waals surface area contributed by atoms with Gasteiger partial charge >= 0.3 is 0 Å². The number of allylic oxidation sites excluding steroid dienone is 1. The summed E-state index contributed by atoms with van der Waals surface area (Å²) in [4.78, 5) is 0. The van der Waals surface area contributed by atoms with Gasteiger partial charge in [-0.25, -0.2) is 0 Å². The fraction of sp³-hybridized carbons (Fsp3) is 0.412. The summed E-state index contributed by atoms with van der Waals surface area (Å²) in [7, 11) is 1.70. The summed E-state index contributed by atoms with van der Waals surface area (Å²) in [5, 5.41) is 25.9. The maximum Gasteiger partial charge on any atom is 0.216 e. The molecular formula is C17H22N6O. The lowest BCUT2D eigenvalue weighted by atomic mass is 9.93. The van der Waals surface area contributed by atoms with Crippen LogP contribution < -0.4 is 10.1 Å². The lowest BCUT2D eigenvalue weighted by Gasteiger charge is -2.20. The number of tetrazole rings is 1. The van der Waals surface area contributed by atoms with Crippen molar-refractivity contribution in [1.29, 1.82) is 5.26 Å². The molecule has 2 N–H and O–H groups in total. The number of aromatic nitrogens is 4. The minimum absolute atomic E-state index is 0.256. The van der Waals surface area contributed by atoms with E-state index in [9.17, 15) is 5.26 Å². The molecule has 0 bridgehead atoms. The monoisotopic (exact) mass is 326 g/mol. The Morgan fingerprint density at radius 2 is 1.88 bits per heavy atom. The van der Waals surface area contributed by atoms with Crippen LogP contribution in [0.2, 0.25) is 0 Å². The van der Waals surface area contributed by atoms with Crippen LogP contribution in [0, 0.1) is 11.3 Å². The van der Waals surface area contributed by atoms with Gasteiger partial charge in [-0.15, -0.1) is 10.2 Å². The Morgan fingerprint density at radius 1 is 1.25 bits per heavy atom. The third kappa shape index (κ3) is 3.71. The number of ether oxygens (including phenoxy) is 1. The van der Waals surface area contributed by atoms with Gasteiger partial charge < -0.3 is 10.1 Å². The molecule has 7 heteroatoms. The Labute approximate surface area is 141 Å². The van der Waals surface area contributed by atoms with Crippen molar-refractivity contribution in [2.24, 2.45) is 0 Å². The van der Waals surface area contributed by atoms with Crippen molar-refractivity contribution < 1.29 is 4.74 Å². The van der Waals surface area contributed by atoms with Crippen LogP contribution in [0.15, 0.2) is 18.3 Å². The molecule has 0 aliphatic rings. The highest BCUT2D eigenvalue weighted by molar-refractivity contribution is 5.74. The third-order valence-corrected chi connectivity index (χ3v) is 3.68. The Morgan fingerprint density at radius 3 is 2.29 bits per heavy atom. The van der Waals surface area contributed by atoms with Gasteiger partial charge in [0.2, 0.25) is 5.82 Å². The van der Waals surface area contributed by atoms with Crippen molar-refractivity contribution in [1.82, 2.24) is 20.6 Å². The van der Waals surface area contributed by atoms with Gasteiger partial charge in [-0.3, -0.25) is 0 Å². The molecule has 0 unspecified atom stereocenters. The molecule has 0 saturated carbocycles. The number of nitrogens with zero attached hydrogens (tertiary/aromatic N) is 4. The zero-order chi connectivity index (χ0) is 17.7. The smallest absolute Gasteiger partial charge is 0.216 e. The van der Waals surface area contributed by atoms with Gasteiger partial charge in [0.15, 0.2) is 0 Å². The normalized spacial score (nSPS) is 11.7. The maximum absolute atomic E-state index is 9.24. The van der Waals surface area contributed by atoms with Gasteiger partial charge in [-0.2, -0.15) is 10.5 Å². The van der Waals surface area contributed by atoms with Crippen molar-refractivity contribution in [3.8, 4) is 11.8 Å². The summed E-state index contributed by atoms with van der Waals surface area (Å²) in [6, 6.07) is 6.14. The number of methoxy groups -OCH3 is 1. The van der Waals surface area contributed by atoms with Crippen LogP contribution in [0.5, 0.6) is 5.75 Å². The van der Waals surface area contributed by atoms with Crippen molar-refractivity contribution in [3.05, 3.63) is 35.3 Å². The molecule has 0 fully saturated rings. The number of nitriles is 1. The molecule has 0 spiro atoms. The van der Waals surface area contributed by atoms with Crippen molar-refractivity contribution in [2.75, 3.05) is 12.4 Å². The van der Waals surface area contributed by atoms with E-state index in [-0.39, 0.29) is 5.82 Å². The van der Waals surface area contributed by atoms with Gasteiger partial charge in [-0.05, 0) is 40.3 Å². The summed E-state index contributed by atoms with van der Waals surface area (Å²) in [6.45, 7) is 8.51. The minimum Gasteiger partial charge on any atom is -0.496 e. The van der Waals surface area contributed by atoms with E-state index in [1.165, 1.54) is 0 Å². The molecule has 1 aromatic carbocycles. The standard InChI is InChI=1S/C17H22N6O/c1-10(2)14-6-13(7-15(11(3)4)16(14)24-5)19-9-12(8-18)17-20-22-23-21-17/h6-7,9-11,19H,1-5H3,(H,20,21,22,23). The van der Waals surface area contributed by atoms with E-state index >= 15 is 0 Å². The summed E-state index contributed by atoms with van der Waals surface area (Å²) >= 11 is 0.